The summed E-state index contributed by atoms with van der Waals surface area (Å²) in [5.41, 5.74) is 1.02. The van der Waals surface area contributed by atoms with Crippen LogP contribution in [0.3, 0.4) is 0 Å². The molecular weight excluding hydrogens is 115 g/mol. The van der Waals surface area contributed by atoms with Gasteiger partial charge in [-0.05, 0) is 6.92 Å². The van der Waals surface area contributed by atoms with E-state index in [1.807, 2.05) is 6.92 Å². The van der Waals surface area contributed by atoms with Gasteiger partial charge in [-0.3, -0.25) is 0 Å². The van der Waals surface area contributed by atoms with E-state index in [0.29, 0.717) is 0 Å². The summed E-state index contributed by atoms with van der Waals surface area (Å²) in [6.45, 7) is 14.6. The van der Waals surface area contributed by atoms with Crippen molar-refractivity contribution in [2.24, 2.45) is 0 Å². The predicted molar refractivity (Wildman–Crippen MR) is 45.3 cm³/mol. The molecule has 0 amide bonds. The van der Waals surface area contributed by atoms with Gasteiger partial charge in [-0.1, -0.05) is 38.2 Å². The van der Waals surface area contributed by atoms with E-state index in [2.05, 4.69) is 27.0 Å². The van der Waals surface area contributed by atoms with Crippen molar-refractivity contribution in [3.8, 4) is 0 Å². The van der Waals surface area contributed by atoms with Crippen molar-refractivity contribution in [3.05, 3.63) is 31.7 Å². The van der Waals surface area contributed by atoms with Crippen molar-refractivity contribution in [1.82, 2.24) is 0 Å². The summed E-state index contributed by atoms with van der Waals surface area (Å²) in [4.78, 5) is 0. The number of rotatable bonds is 2. The van der Waals surface area contributed by atoms with Crippen LogP contribution in [0.5, 0.6) is 0 Å². The molecule has 0 aliphatic heterocycles. The van der Waals surface area contributed by atoms with Crippen LogP contribution >= 0.6 is 0 Å². The van der Waals surface area contributed by atoms with Gasteiger partial charge in [0.15, 0.2) is 0 Å². The number of allylic oxidation sites excluding steroid dienone is 2. The summed E-state index contributed by atoms with van der Waals surface area (Å²) in [5.74, 6) is 0. The van der Waals surface area contributed by atoms with Gasteiger partial charge in [-0.15, -0.1) is 0 Å². The van der Waals surface area contributed by atoms with E-state index in [-0.39, 0.29) is 18.9 Å². The zero-order valence-electron chi connectivity index (χ0n) is 7.61. The smallest absolute Gasteiger partial charge is 0.343 e. The monoisotopic (exact) mass is 132 g/mol. The number of hydrogen-bond acceptors (Lipinski definition) is 0. The summed E-state index contributed by atoms with van der Waals surface area (Å²) in [6, 6.07) is 0. The number of unbranched alkanes of at least 4 members (excludes halogenated alkanes) is 1. The first kappa shape index (κ1) is 16.6. The minimum Gasteiger partial charge on any atom is -0.343 e. The molecule has 0 aromatic heterocycles. The molecule has 0 heterocycles. The van der Waals surface area contributed by atoms with Crippen LogP contribution in [0.1, 0.15) is 26.7 Å². The Morgan fingerprint density at radius 2 is 1.80 bits per heavy atom. The topological polar surface area (TPSA) is 0 Å². The zero-order chi connectivity index (χ0) is 7.70. The van der Waals surface area contributed by atoms with Gasteiger partial charge in [0.2, 0.25) is 0 Å². The predicted octanol–water partition coefficient (Wildman–Crippen LogP) is 0.373. The SMILES string of the molecule is C=CC(=C)C.[CH2-]CCC.[Li+]. The first-order valence-corrected chi connectivity index (χ1v) is 3.26. The van der Waals surface area contributed by atoms with Crippen LogP contribution in [0.25, 0.3) is 0 Å². The Kier molecular flexibility index (Phi) is 26.6. The quantitative estimate of drug-likeness (QED) is 0.289. The van der Waals surface area contributed by atoms with E-state index in [4.69, 9.17) is 0 Å². The van der Waals surface area contributed by atoms with Gasteiger partial charge < -0.3 is 6.92 Å². The molecule has 0 bridgehead atoms. The first-order valence-electron chi connectivity index (χ1n) is 3.26. The summed E-state index contributed by atoms with van der Waals surface area (Å²) in [5, 5.41) is 0. The standard InChI is InChI=1S/C5H8.C4H9.Li/c1-4-5(2)3;1-3-4-2;/h4H,1-2H2,3H3;1,3-4H2,2H3;/q;-1;+1. The molecule has 0 rings (SSSR count). The molecule has 1 heteroatoms. The average Bonchev–Trinajstić information content (AvgIpc) is 1.89. The van der Waals surface area contributed by atoms with E-state index in [1.165, 1.54) is 6.42 Å². The molecule has 0 N–H and O–H groups in total. The molecule has 0 aliphatic rings. The fourth-order valence-corrected chi connectivity index (χ4v) is 0. The van der Waals surface area contributed by atoms with Crippen LogP contribution in [0.4, 0.5) is 0 Å². The van der Waals surface area contributed by atoms with Crippen molar-refractivity contribution >= 4 is 0 Å². The summed E-state index contributed by atoms with van der Waals surface area (Å²) in [7, 11) is 0. The fraction of sp³-hybridized carbons (Fsp3) is 0.444. The molecule has 0 saturated carbocycles. The summed E-state index contributed by atoms with van der Waals surface area (Å²) in [6.07, 6.45) is 4.00. The molecule has 0 radical (unpaired) electrons. The van der Waals surface area contributed by atoms with E-state index >= 15 is 0 Å². The molecule has 10 heavy (non-hydrogen) atoms. The maximum Gasteiger partial charge on any atom is 1.00 e. The second-order valence-corrected chi connectivity index (χ2v) is 1.90. The Morgan fingerprint density at radius 3 is 1.80 bits per heavy atom. The van der Waals surface area contributed by atoms with Gasteiger partial charge in [0.25, 0.3) is 0 Å². The number of hydrogen-bond donors (Lipinski definition) is 0. The zero-order valence-corrected chi connectivity index (χ0v) is 7.61. The maximum absolute atomic E-state index is 3.60. The normalized spacial score (nSPS) is 6.30. The van der Waals surface area contributed by atoms with E-state index < -0.39 is 0 Å². The van der Waals surface area contributed by atoms with Crippen molar-refractivity contribution < 1.29 is 18.9 Å². The molecule has 0 spiro atoms. The van der Waals surface area contributed by atoms with Crippen LogP contribution < -0.4 is 18.9 Å². The van der Waals surface area contributed by atoms with Crippen molar-refractivity contribution in [1.29, 1.82) is 0 Å². The van der Waals surface area contributed by atoms with Crippen molar-refractivity contribution in [3.63, 3.8) is 0 Å². The maximum atomic E-state index is 3.60. The molecule has 0 aliphatic carbocycles. The van der Waals surface area contributed by atoms with Gasteiger partial charge >= 0.3 is 18.9 Å². The van der Waals surface area contributed by atoms with E-state index in [9.17, 15) is 0 Å². The average molecular weight is 132 g/mol. The minimum absolute atomic E-state index is 0. The van der Waals surface area contributed by atoms with Gasteiger partial charge in [0.05, 0.1) is 0 Å². The van der Waals surface area contributed by atoms with E-state index in [0.717, 1.165) is 12.0 Å². The largest absolute Gasteiger partial charge is 1.00 e. The Labute approximate surface area is 77.6 Å². The third-order valence-electron chi connectivity index (χ3n) is 0.702. The van der Waals surface area contributed by atoms with Gasteiger partial charge in [0.1, 0.15) is 0 Å². The molecule has 0 aromatic rings. The second kappa shape index (κ2) is 16.0. The third-order valence-corrected chi connectivity index (χ3v) is 0.702. The van der Waals surface area contributed by atoms with Gasteiger partial charge in [-0.2, -0.15) is 6.42 Å². The Hall–Kier alpha value is 0.0774. The van der Waals surface area contributed by atoms with Crippen molar-refractivity contribution in [2.45, 2.75) is 26.7 Å². The second-order valence-electron chi connectivity index (χ2n) is 1.90. The Bertz CT molecular complexity index is 72.8. The molecule has 0 saturated heterocycles. The Balaban J connectivity index is -0.0000000910. The molecule has 0 atom stereocenters. The summed E-state index contributed by atoms with van der Waals surface area (Å²) < 4.78 is 0. The minimum atomic E-state index is 0. The van der Waals surface area contributed by atoms with Crippen LogP contribution in [-0.4, -0.2) is 0 Å². The van der Waals surface area contributed by atoms with Crippen LogP contribution in [0.15, 0.2) is 24.8 Å². The fourth-order valence-electron chi connectivity index (χ4n) is 0. The molecular formula is C9H17Li. The molecule has 0 nitrogen and oxygen atoms in total. The van der Waals surface area contributed by atoms with E-state index in [1.54, 1.807) is 6.08 Å². The molecule has 0 fully saturated rings. The third kappa shape index (κ3) is 42.7. The van der Waals surface area contributed by atoms with Crippen LogP contribution in [-0.2, 0) is 0 Å². The first-order chi connectivity index (χ1) is 4.18. The summed E-state index contributed by atoms with van der Waals surface area (Å²) >= 11 is 0. The Morgan fingerprint density at radius 1 is 1.60 bits per heavy atom. The van der Waals surface area contributed by atoms with Gasteiger partial charge in [-0.25, -0.2) is 0 Å². The van der Waals surface area contributed by atoms with Crippen LogP contribution in [0, 0.1) is 6.92 Å². The molecule has 0 aromatic carbocycles. The van der Waals surface area contributed by atoms with Crippen molar-refractivity contribution in [2.75, 3.05) is 0 Å². The molecule has 54 valence electrons. The van der Waals surface area contributed by atoms with Gasteiger partial charge in [0, 0.05) is 0 Å². The van der Waals surface area contributed by atoms with Crippen LogP contribution in [0.2, 0.25) is 0 Å². The molecule has 0 unspecified atom stereocenters.